The van der Waals surface area contributed by atoms with E-state index in [1.54, 1.807) is 0 Å². The average molecular weight is 407 g/mol. The molecule has 1 atom stereocenters. The molecule has 0 saturated heterocycles. The lowest BCUT2D eigenvalue weighted by Gasteiger charge is -2.25. The third kappa shape index (κ3) is 7.57. The minimum atomic E-state index is -4.06. The standard InChI is InChI=1S/C16H23F2N3O5S/c1-11(16(23)21(8-9-26-3)10-15(17)18)20-27(24,25)14-6-4-13(5-7-14)19-12(2)22/h4-7,11,15,20H,8-10H2,1-3H3,(H,19,22)/t11-/m0/s1. The van der Waals surface area contributed by atoms with Crippen LogP contribution in [-0.4, -0.2) is 64.4 Å². The molecule has 0 aromatic heterocycles. The summed E-state index contributed by atoms with van der Waals surface area (Å²) < 4.78 is 57.1. The Hall–Kier alpha value is -2.11. The summed E-state index contributed by atoms with van der Waals surface area (Å²) in [7, 11) is -2.70. The van der Waals surface area contributed by atoms with Gasteiger partial charge in [-0.25, -0.2) is 17.2 Å². The van der Waals surface area contributed by atoms with Gasteiger partial charge in [-0.05, 0) is 31.2 Å². The lowest BCUT2D eigenvalue weighted by molar-refractivity contribution is -0.135. The van der Waals surface area contributed by atoms with Gasteiger partial charge < -0.3 is 15.0 Å². The van der Waals surface area contributed by atoms with Gasteiger partial charge in [0.15, 0.2) is 0 Å². The first-order chi connectivity index (χ1) is 12.6. The van der Waals surface area contributed by atoms with Crippen LogP contribution in [0.3, 0.4) is 0 Å². The van der Waals surface area contributed by atoms with E-state index in [0.717, 1.165) is 4.90 Å². The number of hydrogen-bond donors (Lipinski definition) is 2. The lowest BCUT2D eigenvalue weighted by atomic mass is 10.3. The molecule has 0 saturated carbocycles. The van der Waals surface area contributed by atoms with Gasteiger partial charge in [0.2, 0.25) is 21.8 Å². The summed E-state index contributed by atoms with van der Waals surface area (Å²) in [6.07, 6.45) is -2.75. The Morgan fingerprint density at radius 2 is 1.81 bits per heavy atom. The van der Waals surface area contributed by atoms with Crippen molar-refractivity contribution in [3.05, 3.63) is 24.3 Å². The van der Waals surface area contributed by atoms with Crippen LogP contribution in [0, 0.1) is 0 Å². The highest BCUT2D eigenvalue weighted by molar-refractivity contribution is 7.89. The molecule has 0 aliphatic heterocycles. The second kappa shape index (κ2) is 10.3. The topological polar surface area (TPSA) is 105 Å². The molecule has 0 aliphatic carbocycles. The molecule has 0 spiro atoms. The molecule has 2 N–H and O–H groups in total. The first-order valence-electron chi connectivity index (χ1n) is 8.02. The third-order valence-corrected chi connectivity index (χ3v) is 4.98. The molecule has 11 heteroatoms. The number of ether oxygens (including phenoxy) is 1. The van der Waals surface area contributed by atoms with Crippen molar-refractivity contribution in [1.82, 2.24) is 9.62 Å². The summed E-state index contributed by atoms with van der Waals surface area (Å²) in [6.45, 7) is 1.73. The molecule has 1 aromatic rings. The van der Waals surface area contributed by atoms with Crippen molar-refractivity contribution in [3.8, 4) is 0 Å². The van der Waals surface area contributed by atoms with Crippen molar-refractivity contribution in [2.24, 2.45) is 0 Å². The van der Waals surface area contributed by atoms with Crippen LogP contribution in [0.15, 0.2) is 29.2 Å². The molecular weight excluding hydrogens is 384 g/mol. The number of carbonyl (C=O) groups excluding carboxylic acids is 2. The first-order valence-corrected chi connectivity index (χ1v) is 9.51. The second-order valence-corrected chi connectivity index (χ2v) is 7.43. The van der Waals surface area contributed by atoms with E-state index >= 15 is 0 Å². The Morgan fingerprint density at radius 1 is 1.22 bits per heavy atom. The number of rotatable bonds is 10. The molecule has 0 bridgehead atoms. The van der Waals surface area contributed by atoms with E-state index in [9.17, 15) is 26.8 Å². The van der Waals surface area contributed by atoms with Gasteiger partial charge in [-0.15, -0.1) is 0 Å². The summed E-state index contributed by atoms with van der Waals surface area (Å²) in [4.78, 5) is 24.0. The van der Waals surface area contributed by atoms with E-state index in [4.69, 9.17) is 4.74 Å². The Balaban J connectivity index is 2.86. The molecule has 2 amide bonds. The highest BCUT2D eigenvalue weighted by Crippen LogP contribution is 2.15. The lowest BCUT2D eigenvalue weighted by Crippen LogP contribution is -2.49. The number of nitrogens with zero attached hydrogens (tertiary/aromatic N) is 1. The van der Waals surface area contributed by atoms with Crippen LogP contribution in [0.2, 0.25) is 0 Å². The number of sulfonamides is 1. The van der Waals surface area contributed by atoms with Crippen LogP contribution < -0.4 is 10.0 Å². The molecule has 0 heterocycles. The fraction of sp³-hybridized carbons (Fsp3) is 0.500. The number of amides is 2. The molecule has 27 heavy (non-hydrogen) atoms. The zero-order chi connectivity index (χ0) is 20.6. The smallest absolute Gasteiger partial charge is 0.255 e. The predicted molar refractivity (Wildman–Crippen MR) is 95.0 cm³/mol. The summed E-state index contributed by atoms with van der Waals surface area (Å²) in [6, 6.07) is 4.05. The zero-order valence-corrected chi connectivity index (χ0v) is 16.1. The summed E-state index contributed by atoms with van der Waals surface area (Å²) in [5.74, 6) is -1.09. The molecule has 0 fully saturated rings. The SMILES string of the molecule is COCCN(CC(F)F)C(=O)[C@H](C)NS(=O)(=O)c1ccc(NC(C)=O)cc1. The Kier molecular flexibility index (Phi) is 8.73. The molecule has 152 valence electrons. The van der Waals surface area contributed by atoms with Crippen LogP contribution in [-0.2, 0) is 24.3 Å². The normalized spacial score (nSPS) is 12.7. The largest absolute Gasteiger partial charge is 0.383 e. The number of halogens is 2. The maximum atomic E-state index is 12.7. The van der Waals surface area contributed by atoms with Crippen molar-refractivity contribution in [3.63, 3.8) is 0 Å². The van der Waals surface area contributed by atoms with E-state index in [1.165, 1.54) is 45.2 Å². The summed E-state index contributed by atoms with van der Waals surface area (Å²) in [5.41, 5.74) is 0.410. The number of nitrogens with one attached hydrogen (secondary N) is 2. The van der Waals surface area contributed by atoms with Crippen molar-refractivity contribution in [1.29, 1.82) is 0 Å². The van der Waals surface area contributed by atoms with Crippen LogP contribution in [0.1, 0.15) is 13.8 Å². The van der Waals surface area contributed by atoms with Crippen molar-refractivity contribution in [2.45, 2.75) is 31.2 Å². The number of alkyl halides is 2. The second-order valence-electron chi connectivity index (χ2n) is 5.72. The molecule has 0 aliphatic rings. The average Bonchev–Trinajstić information content (AvgIpc) is 2.57. The number of carbonyl (C=O) groups is 2. The maximum absolute atomic E-state index is 12.7. The first kappa shape index (κ1) is 22.9. The molecule has 0 radical (unpaired) electrons. The van der Waals surface area contributed by atoms with Gasteiger partial charge in [0.1, 0.15) is 0 Å². The maximum Gasteiger partial charge on any atom is 0.255 e. The summed E-state index contributed by atoms with van der Waals surface area (Å²) >= 11 is 0. The van der Waals surface area contributed by atoms with E-state index in [2.05, 4.69) is 10.0 Å². The summed E-state index contributed by atoms with van der Waals surface area (Å²) in [5, 5.41) is 2.50. The minimum absolute atomic E-state index is 0.0442. The zero-order valence-electron chi connectivity index (χ0n) is 15.2. The van der Waals surface area contributed by atoms with Gasteiger partial charge in [-0.1, -0.05) is 0 Å². The predicted octanol–water partition coefficient (Wildman–Crippen LogP) is 1.05. The quantitative estimate of drug-likeness (QED) is 0.603. The van der Waals surface area contributed by atoms with Crippen molar-refractivity contribution >= 4 is 27.5 Å². The monoisotopic (exact) mass is 407 g/mol. The highest BCUT2D eigenvalue weighted by Gasteiger charge is 2.27. The van der Waals surface area contributed by atoms with E-state index < -0.39 is 34.9 Å². The minimum Gasteiger partial charge on any atom is -0.383 e. The molecular formula is C16H23F2N3O5S. The fourth-order valence-corrected chi connectivity index (χ4v) is 3.40. The highest BCUT2D eigenvalue weighted by atomic mass is 32.2. The molecule has 8 nitrogen and oxygen atoms in total. The van der Waals surface area contributed by atoms with Crippen LogP contribution in [0.25, 0.3) is 0 Å². The number of methoxy groups -OCH3 is 1. The number of hydrogen-bond acceptors (Lipinski definition) is 5. The van der Waals surface area contributed by atoms with Crippen molar-refractivity contribution < 1.29 is 31.5 Å². The van der Waals surface area contributed by atoms with Gasteiger partial charge in [0, 0.05) is 26.3 Å². The van der Waals surface area contributed by atoms with Gasteiger partial charge >= 0.3 is 0 Å². The Labute approximate surface area is 156 Å². The fourth-order valence-electron chi connectivity index (χ4n) is 2.21. The molecule has 1 aromatic carbocycles. The van der Waals surface area contributed by atoms with Gasteiger partial charge in [0.05, 0.1) is 24.1 Å². The molecule has 1 rings (SSSR count). The van der Waals surface area contributed by atoms with Gasteiger partial charge in [-0.3, -0.25) is 9.59 Å². The van der Waals surface area contributed by atoms with E-state index in [1.807, 2.05) is 0 Å². The number of benzene rings is 1. The van der Waals surface area contributed by atoms with E-state index in [0.29, 0.717) is 5.69 Å². The van der Waals surface area contributed by atoms with Crippen LogP contribution in [0.4, 0.5) is 14.5 Å². The Bertz CT molecular complexity index is 741. The molecule has 0 unspecified atom stereocenters. The van der Waals surface area contributed by atoms with Crippen LogP contribution in [0.5, 0.6) is 0 Å². The number of anilines is 1. The van der Waals surface area contributed by atoms with E-state index in [-0.39, 0.29) is 24.0 Å². The van der Waals surface area contributed by atoms with Gasteiger partial charge in [0.25, 0.3) is 6.43 Å². The van der Waals surface area contributed by atoms with Crippen molar-refractivity contribution in [2.75, 3.05) is 32.1 Å². The third-order valence-electron chi connectivity index (χ3n) is 3.42. The van der Waals surface area contributed by atoms with Crippen LogP contribution >= 0.6 is 0 Å². The van der Waals surface area contributed by atoms with Gasteiger partial charge in [-0.2, -0.15) is 4.72 Å². The Morgan fingerprint density at radius 3 is 2.30 bits per heavy atom.